The molecule has 4 rings (SSSR count). The molecule has 1 amide bonds. The zero-order chi connectivity index (χ0) is 23.4. The molecule has 6 heteroatoms. The first kappa shape index (κ1) is 22.6. The van der Waals surface area contributed by atoms with Crippen molar-refractivity contribution in [1.29, 1.82) is 0 Å². The fourth-order valence-electron chi connectivity index (χ4n) is 4.42. The molecule has 1 aliphatic rings. The van der Waals surface area contributed by atoms with Gasteiger partial charge in [-0.15, -0.1) is 0 Å². The summed E-state index contributed by atoms with van der Waals surface area (Å²) in [4.78, 5) is 20.1. The van der Waals surface area contributed by atoms with Crippen molar-refractivity contribution >= 4 is 5.91 Å². The molecule has 0 spiro atoms. The highest BCUT2D eigenvalue weighted by atomic mass is 16.5. The Labute approximate surface area is 195 Å². The number of benzene rings is 2. The molecule has 1 atom stereocenters. The standard InChI is InChI=1S/C27H30N2O4/c1-18-13-21(19-7-5-9-22(14-19)31-2)15-25(28-18)20-8-6-12-29(17-20)27(30)24-11-10-23(32-3)16-26(24)33-4/h5,7,9-11,13-16,20H,6,8,12,17H2,1-4H3/t20-/m0/s1. The number of rotatable bonds is 6. The molecule has 1 aromatic heterocycles. The van der Waals surface area contributed by atoms with Gasteiger partial charge in [-0.05, 0) is 67.3 Å². The van der Waals surface area contributed by atoms with Gasteiger partial charge in [0.2, 0.25) is 0 Å². The SMILES string of the molecule is COc1cccc(-c2cc(C)nc([C@H]3CCCN(C(=O)c4ccc(OC)cc4OC)C3)c2)c1. The molecule has 2 aromatic carbocycles. The zero-order valence-electron chi connectivity index (χ0n) is 19.6. The Bertz CT molecular complexity index is 1140. The fourth-order valence-corrected chi connectivity index (χ4v) is 4.42. The van der Waals surface area contributed by atoms with Crippen LogP contribution >= 0.6 is 0 Å². The number of piperidine rings is 1. The second-order valence-corrected chi connectivity index (χ2v) is 8.31. The first-order valence-electron chi connectivity index (χ1n) is 11.2. The van der Waals surface area contributed by atoms with Crippen LogP contribution in [0.15, 0.2) is 54.6 Å². The molecule has 0 unspecified atom stereocenters. The van der Waals surface area contributed by atoms with Crippen LogP contribution in [0.5, 0.6) is 17.2 Å². The van der Waals surface area contributed by atoms with Gasteiger partial charge in [-0.25, -0.2) is 0 Å². The van der Waals surface area contributed by atoms with E-state index in [1.54, 1.807) is 39.5 Å². The first-order chi connectivity index (χ1) is 16.0. The summed E-state index contributed by atoms with van der Waals surface area (Å²) in [5, 5.41) is 0. The minimum atomic E-state index is -0.0279. The third-order valence-corrected chi connectivity index (χ3v) is 6.14. The Morgan fingerprint density at radius 3 is 2.48 bits per heavy atom. The third kappa shape index (κ3) is 4.95. The minimum absolute atomic E-state index is 0.0279. The lowest BCUT2D eigenvalue weighted by Crippen LogP contribution is -2.39. The predicted molar refractivity (Wildman–Crippen MR) is 128 cm³/mol. The van der Waals surface area contributed by atoms with Crippen LogP contribution in [0, 0.1) is 6.92 Å². The Morgan fingerprint density at radius 2 is 1.73 bits per heavy atom. The van der Waals surface area contributed by atoms with E-state index in [0.717, 1.165) is 47.7 Å². The van der Waals surface area contributed by atoms with Crippen LogP contribution in [0.2, 0.25) is 0 Å². The van der Waals surface area contributed by atoms with E-state index in [0.29, 0.717) is 23.6 Å². The molecule has 1 fully saturated rings. The van der Waals surface area contributed by atoms with Gasteiger partial charge in [0.15, 0.2) is 0 Å². The number of aryl methyl sites for hydroxylation is 1. The molecule has 0 N–H and O–H groups in total. The smallest absolute Gasteiger partial charge is 0.257 e. The molecule has 0 radical (unpaired) electrons. The second-order valence-electron chi connectivity index (χ2n) is 8.31. The predicted octanol–water partition coefficient (Wildman–Crippen LogP) is 5.10. The topological polar surface area (TPSA) is 60.9 Å². The van der Waals surface area contributed by atoms with Crippen LogP contribution in [0.25, 0.3) is 11.1 Å². The second kappa shape index (κ2) is 9.94. The molecule has 6 nitrogen and oxygen atoms in total. The summed E-state index contributed by atoms with van der Waals surface area (Å²) < 4.78 is 16.1. The van der Waals surface area contributed by atoms with E-state index in [9.17, 15) is 4.79 Å². The zero-order valence-corrected chi connectivity index (χ0v) is 19.6. The van der Waals surface area contributed by atoms with Crippen LogP contribution < -0.4 is 14.2 Å². The van der Waals surface area contributed by atoms with Crippen LogP contribution in [-0.2, 0) is 0 Å². The van der Waals surface area contributed by atoms with Gasteiger partial charge in [0, 0.05) is 36.5 Å². The number of carbonyl (C=O) groups excluding carboxylic acids is 1. The van der Waals surface area contributed by atoms with Gasteiger partial charge in [-0.1, -0.05) is 12.1 Å². The van der Waals surface area contributed by atoms with Gasteiger partial charge >= 0.3 is 0 Å². The van der Waals surface area contributed by atoms with Crippen LogP contribution in [0.3, 0.4) is 0 Å². The summed E-state index contributed by atoms with van der Waals surface area (Å²) in [5.74, 6) is 2.16. The number of amides is 1. The summed E-state index contributed by atoms with van der Waals surface area (Å²) in [6.45, 7) is 3.36. The lowest BCUT2D eigenvalue weighted by atomic mass is 9.91. The van der Waals surface area contributed by atoms with Gasteiger partial charge in [0.1, 0.15) is 17.2 Å². The molecular weight excluding hydrogens is 416 g/mol. The fraction of sp³-hybridized carbons (Fsp3) is 0.333. The molecule has 2 heterocycles. The maximum Gasteiger partial charge on any atom is 0.257 e. The summed E-state index contributed by atoms with van der Waals surface area (Å²) in [7, 11) is 4.84. The Morgan fingerprint density at radius 1 is 0.939 bits per heavy atom. The monoisotopic (exact) mass is 446 g/mol. The maximum absolute atomic E-state index is 13.4. The van der Waals surface area contributed by atoms with Gasteiger partial charge in [0.25, 0.3) is 5.91 Å². The molecule has 1 saturated heterocycles. The number of hydrogen-bond donors (Lipinski definition) is 0. The summed E-state index contributed by atoms with van der Waals surface area (Å²) in [6, 6.07) is 17.6. The lowest BCUT2D eigenvalue weighted by Gasteiger charge is -2.33. The maximum atomic E-state index is 13.4. The summed E-state index contributed by atoms with van der Waals surface area (Å²) in [6.07, 6.45) is 1.93. The van der Waals surface area contributed by atoms with Crippen molar-refractivity contribution in [3.8, 4) is 28.4 Å². The number of pyridine rings is 1. The molecule has 0 saturated carbocycles. The number of ether oxygens (including phenoxy) is 3. The third-order valence-electron chi connectivity index (χ3n) is 6.14. The Hall–Kier alpha value is -3.54. The summed E-state index contributed by atoms with van der Waals surface area (Å²) >= 11 is 0. The van der Waals surface area contributed by atoms with Gasteiger partial charge < -0.3 is 19.1 Å². The van der Waals surface area contributed by atoms with Gasteiger partial charge in [0.05, 0.1) is 26.9 Å². The van der Waals surface area contributed by atoms with Crippen molar-refractivity contribution in [2.24, 2.45) is 0 Å². The average molecular weight is 447 g/mol. The number of hydrogen-bond acceptors (Lipinski definition) is 5. The van der Waals surface area contributed by atoms with Crippen molar-refractivity contribution in [3.05, 3.63) is 71.5 Å². The molecule has 0 bridgehead atoms. The average Bonchev–Trinajstić information content (AvgIpc) is 2.87. The number of carbonyl (C=O) groups is 1. The Balaban J connectivity index is 1.59. The Kier molecular flexibility index (Phi) is 6.82. The number of aromatic nitrogens is 1. The molecule has 172 valence electrons. The normalized spacial score (nSPS) is 15.8. The van der Waals surface area contributed by atoms with Crippen LogP contribution in [0.1, 0.15) is 40.5 Å². The highest BCUT2D eigenvalue weighted by molar-refractivity contribution is 5.97. The van der Waals surface area contributed by atoms with Crippen molar-refractivity contribution in [2.45, 2.75) is 25.7 Å². The van der Waals surface area contributed by atoms with E-state index < -0.39 is 0 Å². The van der Waals surface area contributed by atoms with Crippen molar-refractivity contribution in [2.75, 3.05) is 34.4 Å². The van der Waals surface area contributed by atoms with Crippen molar-refractivity contribution in [3.63, 3.8) is 0 Å². The molecule has 3 aromatic rings. The summed E-state index contributed by atoms with van der Waals surface area (Å²) in [5.41, 5.74) is 4.73. The van der Waals surface area contributed by atoms with Gasteiger partial charge in [-0.3, -0.25) is 9.78 Å². The number of likely N-dealkylation sites (tertiary alicyclic amines) is 1. The van der Waals surface area contributed by atoms with E-state index in [-0.39, 0.29) is 11.8 Å². The molecule has 0 aliphatic carbocycles. The van der Waals surface area contributed by atoms with Gasteiger partial charge in [-0.2, -0.15) is 0 Å². The largest absolute Gasteiger partial charge is 0.497 e. The van der Waals surface area contributed by atoms with Crippen molar-refractivity contribution in [1.82, 2.24) is 9.88 Å². The molecular formula is C27H30N2O4. The van der Waals surface area contributed by atoms with E-state index in [2.05, 4.69) is 18.2 Å². The van der Waals surface area contributed by atoms with E-state index in [4.69, 9.17) is 19.2 Å². The highest BCUT2D eigenvalue weighted by Gasteiger charge is 2.28. The van der Waals surface area contributed by atoms with Crippen LogP contribution in [-0.4, -0.2) is 50.2 Å². The van der Waals surface area contributed by atoms with E-state index >= 15 is 0 Å². The number of methoxy groups -OCH3 is 3. The molecule has 1 aliphatic heterocycles. The van der Waals surface area contributed by atoms with E-state index in [1.807, 2.05) is 30.0 Å². The van der Waals surface area contributed by atoms with Crippen molar-refractivity contribution < 1.29 is 19.0 Å². The molecule has 33 heavy (non-hydrogen) atoms. The quantitative estimate of drug-likeness (QED) is 0.527. The minimum Gasteiger partial charge on any atom is -0.497 e. The lowest BCUT2D eigenvalue weighted by molar-refractivity contribution is 0.0702. The highest BCUT2D eigenvalue weighted by Crippen LogP contribution is 2.32. The van der Waals surface area contributed by atoms with Crippen LogP contribution in [0.4, 0.5) is 0 Å². The number of nitrogens with zero attached hydrogens (tertiary/aromatic N) is 2. The van der Waals surface area contributed by atoms with E-state index in [1.165, 1.54) is 0 Å². The first-order valence-corrected chi connectivity index (χ1v) is 11.2.